The van der Waals surface area contributed by atoms with Gasteiger partial charge in [0.05, 0.1) is 13.2 Å². The largest absolute Gasteiger partial charge is 0.491 e. The lowest BCUT2D eigenvalue weighted by atomic mass is 9.83. The molecule has 0 bridgehead atoms. The Balaban J connectivity index is 1.98. The number of nitrogens with zero attached hydrogens (tertiary/aromatic N) is 2. The number of hydrogen-bond acceptors (Lipinski definition) is 6. The molecule has 6 nitrogen and oxygen atoms in total. The van der Waals surface area contributed by atoms with Crippen LogP contribution in [0.5, 0.6) is 6.01 Å². The standard InChI is InChI=1S/C7H9BN2O4/c11-8(12)5-1-9-7(10-2-5)14-6-3-13-4-6/h1-2,6,11-12H,3-4H2. The first-order valence-corrected chi connectivity index (χ1v) is 4.18. The quantitative estimate of drug-likeness (QED) is 0.540. The fourth-order valence-corrected chi connectivity index (χ4v) is 0.952. The van der Waals surface area contributed by atoms with Crippen molar-refractivity contribution in [3.63, 3.8) is 0 Å². The normalized spacial score (nSPS) is 16.1. The molecule has 0 atom stereocenters. The summed E-state index contributed by atoms with van der Waals surface area (Å²) in [6.45, 7) is 1.10. The summed E-state index contributed by atoms with van der Waals surface area (Å²) in [5.74, 6) is 0. The highest BCUT2D eigenvalue weighted by Gasteiger charge is 2.21. The minimum Gasteiger partial charge on any atom is -0.455 e. The van der Waals surface area contributed by atoms with Gasteiger partial charge >= 0.3 is 13.1 Å². The van der Waals surface area contributed by atoms with E-state index in [1.165, 1.54) is 12.4 Å². The van der Waals surface area contributed by atoms with Crippen LogP contribution in [-0.2, 0) is 4.74 Å². The number of hydrogen-bond donors (Lipinski definition) is 2. The molecule has 1 aromatic rings. The van der Waals surface area contributed by atoms with Crippen LogP contribution in [-0.4, -0.2) is 46.5 Å². The predicted molar refractivity (Wildman–Crippen MR) is 47.1 cm³/mol. The van der Waals surface area contributed by atoms with Gasteiger partial charge in [0.25, 0.3) is 0 Å². The Hall–Kier alpha value is -1.18. The van der Waals surface area contributed by atoms with E-state index >= 15 is 0 Å². The fraction of sp³-hybridized carbons (Fsp3) is 0.429. The molecule has 0 spiro atoms. The molecule has 14 heavy (non-hydrogen) atoms. The van der Waals surface area contributed by atoms with Gasteiger partial charge in [0.1, 0.15) is 6.10 Å². The predicted octanol–water partition coefficient (Wildman–Crippen LogP) is -2.07. The van der Waals surface area contributed by atoms with Crippen LogP contribution in [0.4, 0.5) is 0 Å². The second kappa shape index (κ2) is 3.91. The molecule has 1 aliphatic rings. The van der Waals surface area contributed by atoms with Crippen LogP contribution in [0.15, 0.2) is 12.4 Å². The minimum atomic E-state index is -1.55. The zero-order valence-electron chi connectivity index (χ0n) is 7.33. The van der Waals surface area contributed by atoms with Gasteiger partial charge in [-0.2, -0.15) is 0 Å². The van der Waals surface area contributed by atoms with E-state index in [-0.39, 0.29) is 17.6 Å². The van der Waals surface area contributed by atoms with E-state index < -0.39 is 7.12 Å². The van der Waals surface area contributed by atoms with E-state index in [9.17, 15) is 0 Å². The molecule has 0 radical (unpaired) electrons. The lowest BCUT2D eigenvalue weighted by Crippen LogP contribution is -2.39. The maximum absolute atomic E-state index is 8.77. The van der Waals surface area contributed by atoms with Crippen LogP contribution in [0.25, 0.3) is 0 Å². The molecule has 74 valence electrons. The third-order valence-corrected chi connectivity index (χ3v) is 1.83. The molecule has 2 rings (SSSR count). The van der Waals surface area contributed by atoms with Crippen LogP contribution in [0.3, 0.4) is 0 Å². The SMILES string of the molecule is OB(O)c1cnc(OC2COC2)nc1. The summed E-state index contributed by atoms with van der Waals surface area (Å²) in [5.41, 5.74) is 0.238. The lowest BCUT2D eigenvalue weighted by Gasteiger charge is -2.25. The van der Waals surface area contributed by atoms with Crippen LogP contribution in [0.2, 0.25) is 0 Å². The van der Waals surface area contributed by atoms with Gasteiger partial charge in [-0.25, -0.2) is 9.97 Å². The monoisotopic (exact) mass is 196 g/mol. The van der Waals surface area contributed by atoms with Crippen molar-refractivity contribution in [1.29, 1.82) is 0 Å². The molecule has 0 saturated carbocycles. The van der Waals surface area contributed by atoms with Crippen molar-refractivity contribution in [2.45, 2.75) is 6.10 Å². The summed E-state index contributed by atoms with van der Waals surface area (Å²) in [6, 6.07) is 0.225. The van der Waals surface area contributed by atoms with Gasteiger partial charge < -0.3 is 19.5 Å². The molecular formula is C7H9BN2O4. The molecule has 0 aromatic carbocycles. The number of aromatic nitrogens is 2. The van der Waals surface area contributed by atoms with Crippen molar-refractivity contribution < 1.29 is 19.5 Å². The molecule has 1 fully saturated rings. The second-order valence-corrected chi connectivity index (χ2v) is 2.95. The summed E-state index contributed by atoms with van der Waals surface area (Å²) in [5, 5.41) is 17.5. The van der Waals surface area contributed by atoms with E-state index in [2.05, 4.69) is 9.97 Å². The van der Waals surface area contributed by atoms with E-state index in [0.717, 1.165) is 0 Å². The Bertz CT molecular complexity index is 301. The molecule has 1 aliphatic heterocycles. The van der Waals surface area contributed by atoms with Gasteiger partial charge in [0, 0.05) is 17.9 Å². The number of ether oxygens (including phenoxy) is 2. The van der Waals surface area contributed by atoms with Gasteiger partial charge in [-0.15, -0.1) is 0 Å². The second-order valence-electron chi connectivity index (χ2n) is 2.95. The first-order valence-electron chi connectivity index (χ1n) is 4.18. The molecule has 1 saturated heterocycles. The van der Waals surface area contributed by atoms with Gasteiger partial charge in [-0.05, 0) is 0 Å². The van der Waals surface area contributed by atoms with Crippen LogP contribution < -0.4 is 10.2 Å². The van der Waals surface area contributed by atoms with Crippen LogP contribution in [0.1, 0.15) is 0 Å². The summed E-state index contributed by atoms with van der Waals surface area (Å²) in [7, 11) is -1.55. The number of rotatable bonds is 3. The van der Waals surface area contributed by atoms with Gasteiger partial charge in [0.15, 0.2) is 0 Å². The van der Waals surface area contributed by atoms with Crippen molar-refractivity contribution in [2.75, 3.05) is 13.2 Å². The Morgan fingerprint density at radius 2 is 2.00 bits per heavy atom. The van der Waals surface area contributed by atoms with E-state index in [4.69, 9.17) is 19.5 Å². The van der Waals surface area contributed by atoms with Gasteiger partial charge in [-0.3, -0.25) is 0 Å². The molecule has 0 aliphatic carbocycles. The zero-order valence-corrected chi connectivity index (χ0v) is 7.33. The van der Waals surface area contributed by atoms with Gasteiger partial charge in [0.2, 0.25) is 0 Å². The van der Waals surface area contributed by atoms with Crippen LogP contribution >= 0.6 is 0 Å². The summed E-state index contributed by atoms with van der Waals surface area (Å²) < 4.78 is 10.2. The first kappa shape index (κ1) is 9.38. The van der Waals surface area contributed by atoms with Gasteiger partial charge in [-0.1, -0.05) is 0 Å². The smallest absolute Gasteiger partial charge is 0.455 e. The average molecular weight is 196 g/mol. The molecule has 2 N–H and O–H groups in total. The maximum Gasteiger partial charge on any atom is 0.491 e. The Morgan fingerprint density at radius 3 is 2.43 bits per heavy atom. The van der Waals surface area contributed by atoms with Crippen molar-refractivity contribution in [1.82, 2.24) is 9.97 Å². The third kappa shape index (κ3) is 2.01. The topological polar surface area (TPSA) is 84.7 Å². The maximum atomic E-state index is 8.77. The average Bonchev–Trinajstić information content (AvgIpc) is 2.12. The van der Waals surface area contributed by atoms with Crippen molar-refractivity contribution in [2.24, 2.45) is 0 Å². The summed E-state index contributed by atoms with van der Waals surface area (Å²) in [6.07, 6.45) is 2.64. The molecule has 0 unspecified atom stereocenters. The molecule has 1 aromatic heterocycles. The van der Waals surface area contributed by atoms with E-state index in [1.807, 2.05) is 0 Å². The molecular weight excluding hydrogens is 187 g/mol. The lowest BCUT2D eigenvalue weighted by molar-refractivity contribution is -0.0831. The van der Waals surface area contributed by atoms with Crippen LogP contribution in [0, 0.1) is 0 Å². The summed E-state index contributed by atoms with van der Waals surface area (Å²) in [4.78, 5) is 7.63. The van der Waals surface area contributed by atoms with E-state index in [0.29, 0.717) is 13.2 Å². The Kier molecular flexibility index (Phi) is 2.62. The fourth-order valence-electron chi connectivity index (χ4n) is 0.952. The third-order valence-electron chi connectivity index (χ3n) is 1.83. The first-order chi connectivity index (χ1) is 6.75. The van der Waals surface area contributed by atoms with Crippen molar-refractivity contribution in [3.8, 4) is 6.01 Å². The Labute approximate surface area is 80.7 Å². The highest BCUT2D eigenvalue weighted by Crippen LogP contribution is 2.08. The minimum absolute atomic E-state index is 0.0138. The molecule has 0 amide bonds. The Morgan fingerprint density at radius 1 is 1.36 bits per heavy atom. The molecule has 7 heteroatoms. The van der Waals surface area contributed by atoms with Crippen molar-refractivity contribution >= 4 is 12.6 Å². The zero-order chi connectivity index (χ0) is 9.97. The molecule has 2 heterocycles. The highest BCUT2D eigenvalue weighted by molar-refractivity contribution is 6.58. The van der Waals surface area contributed by atoms with Crippen molar-refractivity contribution in [3.05, 3.63) is 12.4 Å². The van der Waals surface area contributed by atoms with E-state index in [1.54, 1.807) is 0 Å². The highest BCUT2D eigenvalue weighted by atomic mass is 16.6. The summed E-state index contributed by atoms with van der Waals surface area (Å²) >= 11 is 0.